The molecule has 0 bridgehead atoms. The molecule has 6 heteroatoms. The molecule has 0 aliphatic heterocycles. The lowest BCUT2D eigenvalue weighted by molar-refractivity contribution is -0.131. The topological polar surface area (TPSA) is 84.5 Å². The number of hydrogen-bond acceptors (Lipinski definition) is 4. The average Bonchev–Trinajstić information content (AvgIpc) is 2.66. The Morgan fingerprint density at radius 3 is 1.89 bits per heavy atom. The molecule has 2 N–H and O–H groups in total. The smallest absolute Gasteiger partial charge is 0.410 e. The summed E-state index contributed by atoms with van der Waals surface area (Å²) in [6.07, 6.45) is -1.15. The van der Waals surface area contributed by atoms with Crippen molar-refractivity contribution in [3.05, 3.63) is 71.8 Å². The lowest BCUT2D eigenvalue weighted by Gasteiger charge is -2.25. The Morgan fingerprint density at radius 2 is 1.41 bits per heavy atom. The Kier molecular flexibility index (Phi) is 6.71. The molecule has 2 amide bonds. The highest BCUT2D eigenvalue weighted by atomic mass is 16.6. The maximum atomic E-state index is 12.4. The van der Waals surface area contributed by atoms with Crippen molar-refractivity contribution in [2.75, 3.05) is 0 Å². The molecule has 0 saturated heterocycles. The van der Waals surface area contributed by atoms with Gasteiger partial charge in [0.2, 0.25) is 12.1 Å². The van der Waals surface area contributed by atoms with Crippen molar-refractivity contribution in [3.8, 4) is 0 Å². The molecule has 0 radical (unpaired) electrons. The standard InChI is InChI=1S/C21H24N2O4/c1-21(2,3)19(25)23-18(16-12-8-5-9-13-16)27-20(26)22-17(14-24)15-10-6-4-7-11-15/h4-14,17-18H,1-3H3,(H,22,26)(H,23,25). The number of rotatable bonds is 6. The van der Waals surface area contributed by atoms with E-state index in [4.69, 9.17) is 4.74 Å². The van der Waals surface area contributed by atoms with Crippen LogP contribution in [-0.2, 0) is 14.3 Å². The number of benzene rings is 2. The van der Waals surface area contributed by atoms with Crippen LogP contribution in [0.4, 0.5) is 4.79 Å². The summed E-state index contributed by atoms with van der Waals surface area (Å²) in [7, 11) is 0. The highest BCUT2D eigenvalue weighted by Gasteiger charge is 2.27. The molecular formula is C21H24N2O4. The number of nitrogens with one attached hydrogen (secondary N) is 2. The second kappa shape index (κ2) is 8.98. The first-order valence-electron chi connectivity index (χ1n) is 8.64. The number of alkyl carbamates (subject to hydrolysis) is 1. The molecular weight excluding hydrogens is 344 g/mol. The summed E-state index contributed by atoms with van der Waals surface area (Å²) in [6, 6.07) is 16.9. The minimum atomic E-state index is -0.971. The lowest BCUT2D eigenvalue weighted by atomic mass is 9.95. The van der Waals surface area contributed by atoms with Gasteiger partial charge in [-0.15, -0.1) is 0 Å². The van der Waals surface area contributed by atoms with E-state index in [1.54, 1.807) is 69.3 Å². The molecule has 27 heavy (non-hydrogen) atoms. The van der Waals surface area contributed by atoms with E-state index < -0.39 is 23.8 Å². The van der Waals surface area contributed by atoms with Gasteiger partial charge in [-0.1, -0.05) is 81.4 Å². The van der Waals surface area contributed by atoms with Crippen LogP contribution in [0.2, 0.25) is 0 Å². The Morgan fingerprint density at radius 1 is 0.889 bits per heavy atom. The molecule has 2 unspecified atom stereocenters. The number of aldehydes is 1. The molecule has 2 rings (SSSR count). The Hall–Kier alpha value is -3.15. The van der Waals surface area contributed by atoms with Crippen molar-refractivity contribution in [1.82, 2.24) is 10.6 Å². The predicted molar refractivity (Wildman–Crippen MR) is 102 cm³/mol. The summed E-state index contributed by atoms with van der Waals surface area (Å²) in [4.78, 5) is 36.1. The van der Waals surface area contributed by atoms with Crippen LogP contribution in [0.3, 0.4) is 0 Å². The first-order chi connectivity index (χ1) is 12.8. The first-order valence-corrected chi connectivity index (χ1v) is 8.64. The van der Waals surface area contributed by atoms with Crippen molar-refractivity contribution in [2.45, 2.75) is 33.0 Å². The van der Waals surface area contributed by atoms with Crippen molar-refractivity contribution in [1.29, 1.82) is 0 Å². The molecule has 0 heterocycles. The van der Waals surface area contributed by atoms with Gasteiger partial charge in [0, 0.05) is 11.0 Å². The molecule has 0 saturated carbocycles. The number of hydrogen-bond donors (Lipinski definition) is 2. The highest BCUT2D eigenvalue weighted by Crippen LogP contribution is 2.20. The van der Waals surface area contributed by atoms with Crippen LogP contribution in [0.1, 0.15) is 44.2 Å². The summed E-state index contributed by atoms with van der Waals surface area (Å²) < 4.78 is 5.42. The maximum absolute atomic E-state index is 12.4. The summed E-state index contributed by atoms with van der Waals surface area (Å²) in [5.41, 5.74) is 0.606. The minimum absolute atomic E-state index is 0.265. The third-order valence-corrected chi connectivity index (χ3v) is 3.84. The second-order valence-corrected chi connectivity index (χ2v) is 7.09. The lowest BCUT2D eigenvalue weighted by Crippen LogP contribution is -2.41. The van der Waals surface area contributed by atoms with E-state index >= 15 is 0 Å². The van der Waals surface area contributed by atoms with E-state index in [0.29, 0.717) is 17.4 Å². The first kappa shape index (κ1) is 20.2. The fraction of sp³-hybridized carbons (Fsp3) is 0.286. The summed E-state index contributed by atoms with van der Waals surface area (Å²) >= 11 is 0. The zero-order chi connectivity index (χ0) is 19.9. The van der Waals surface area contributed by atoms with Crippen LogP contribution < -0.4 is 10.6 Å². The van der Waals surface area contributed by atoms with Crippen molar-refractivity contribution >= 4 is 18.3 Å². The number of ether oxygens (including phenoxy) is 1. The largest absolute Gasteiger partial charge is 0.421 e. The third kappa shape index (κ3) is 5.95. The van der Waals surface area contributed by atoms with E-state index in [-0.39, 0.29) is 5.91 Å². The third-order valence-electron chi connectivity index (χ3n) is 3.84. The van der Waals surface area contributed by atoms with Gasteiger partial charge in [0.15, 0.2) is 0 Å². The van der Waals surface area contributed by atoms with E-state index in [2.05, 4.69) is 10.6 Å². The van der Waals surface area contributed by atoms with Gasteiger partial charge in [-0.3, -0.25) is 4.79 Å². The van der Waals surface area contributed by atoms with E-state index in [1.165, 1.54) is 0 Å². The number of amides is 2. The van der Waals surface area contributed by atoms with Gasteiger partial charge >= 0.3 is 6.09 Å². The fourth-order valence-electron chi connectivity index (χ4n) is 2.27. The molecule has 2 aromatic rings. The second-order valence-electron chi connectivity index (χ2n) is 7.09. The quantitative estimate of drug-likeness (QED) is 0.604. The van der Waals surface area contributed by atoms with Crippen molar-refractivity contribution in [3.63, 3.8) is 0 Å². The van der Waals surface area contributed by atoms with Gasteiger partial charge in [-0.2, -0.15) is 0 Å². The Labute approximate surface area is 158 Å². The Balaban J connectivity index is 2.13. The molecule has 142 valence electrons. The van der Waals surface area contributed by atoms with Gasteiger partial charge in [-0.25, -0.2) is 4.79 Å². The van der Waals surface area contributed by atoms with Gasteiger partial charge < -0.3 is 20.2 Å². The normalized spacial score (nSPS) is 13.1. The molecule has 0 aromatic heterocycles. The van der Waals surface area contributed by atoms with E-state index in [1.807, 2.05) is 12.1 Å². The van der Waals surface area contributed by atoms with Crippen LogP contribution in [0.25, 0.3) is 0 Å². The Bertz CT molecular complexity index is 770. The van der Waals surface area contributed by atoms with E-state index in [9.17, 15) is 14.4 Å². The average molecular weight is 368 g/mol. The molecule has 0 fully saturated rings. The predicted octanol–water partition coefficient (Wildman–Crippen LogP) is 3.51. The van der Waals surface area contributed by atoms with Crippen molar-refractivity contribution in [2.24, 2.45) is 5.41 Å². The molecule has 2 aromatic carbocycles. The molecule has 0 spiro atoms. The van der Waals surface area contributed by atoms with Crippen LogP contribution in [-0.4, -0.2) is 18.3 Å². The summed E-state index contributed by atoms with van der Waals surface area (Å²) in [5.74, 6) is -0.265. The van der Waals surface area contributed by atoms with Gasteiger partial charge in [0.1, 0.15) is 12.3 Å². The molecule has 6 nitrogen and oxygen atoms in total. The highest BCUT2D eigenvalue weighted by molar-refractivity contribution is 5.82. The summed E-state index contributed by atoms with van der Waals surface area (Å²) in [6.45, 7) is 5.30. The SMILES string of the molecule is CC(C)(C)C(=O)NC(OC(=O)NC(C=O)c1ccccc1)c1ccccc1. The van der Waals surface area contributed by atoms with Gasteiger partial charge in [0.25, 0.3) is 0 Å². The summed E-state index contributed by atoms with van der Waals surface area (Å²) in [5, 5.41) is 5.24. The van der Waals surface area contributed by atoms with Gasteiger partial charge in [0.05, 0.1) is 0 Å². The van der Waals surface area contributed by atoms with Crippen molar-refractivity contribution < 1.29 is 19.1 Å². The molecule has 0 aliphatic carbocycles. The minimum Gasteiger partial charge on any atom is -0.421 e. The van der Waals surface area contributed by atoms with Crippen LogP contribution in [0.5, 0.6) is 0 Å². The monoisotopic (exact) mass is 368 g/mol. The maximum Gasteiger partial charge on any atom is 0.410 e. The van der Waals surface area contributed by atoms with Crippen LogP contribution in [0.15, 0.2) is 60.7 Å². The van der Waals surface area contributed by atoms with Gasteiger partial charge in [-0.05, 0) is 5.56 Å². The van der Waals surface area contributed by atoms with E-state index in [0.717, 1.165) is 0 Å². The van der Waals surface area contributed by atoms with Crippen LogP contribution in [0, 0.1) is 5.41 Å². The fourth-order valence-corrected chi connectivity index (χ4v) is 2.27. The number of carbonyl (C=O) groups is 3. The molecule has 2 atom stereocenters. The zero-order valence-corrected chi connectivity index (χ0v) is 15.6. The zero-order valence-electron chi connectivity index (χ0n) is 15.6. The molecule has 0 aliphatic rings. The van der Waals surface area contributed by atoms with Crippen LogP contribution >= 0.6 is 0 Å². The number of carbonyl (C=O) groups excluding carboxylic acids is 3.